The van der Waals surface area contributed by atoms with Gasteiger partial charge in [-0.1, -0.05) is 12.1 Å². The lowest BCUT2D eigenvalue weighted by molar-refractivity contribution is -0.122. The van der Waals surface area contributed by atoms with Crippen LogP contribution in [0.4, 0.5) is 0 Å². The van der Waals surface area contributed by atoms with E-state index in [1.807, 2.05) is 26.0 Å². The molecule has 0 saturated heterocycles. The fourth-order valence-electron chi connectivity index (χ4n) is 2.25. The van der Waals surface area contributed by atoms with E-state index in [1.54, 1.807) is 18.5 Å². The van der Waals surface area contributed by atoms with Gasteiger partial charge in [0, 0.05) is 18.4 Å². The van der Waals surface area contributed by atoms with Crippen LogP contribution in [0.5, 0.6) is 11.5 Å². The van der Waals surface area contributed by atoms with E-state index in [0.29, 0.717) is 6.42 Å². The quantitative estimate of drug-likeness (QED) is 0.740. The summed E-state index contributed by atoms with van der Waals surface area (Å²) in [7, 11) is 0. The molecule has 1 heterocycles. The molecule has 0 aliphatic rings. The van der Waals surface area contributed by atoms with Crippen molar-refractivity contribution in [3.8, 4) is 11.5 Å². The number of carbonyl (C=O) groups excluding carboxylic acids is 1. The molecule has 2 atom stereocenters. The van der Waals surface area contributed by atoms with Crippen molar-refractivity contribution in [3.05, 3.63) is 53.9 Å². The Balaban J connectivity index is 1.95. The number of hydrogen-bond donors (Lipinski definition) is 3. The molecule has 0 unspecified atom stereocenters. The number of aromatic hydroxyl groups is 2. The fourth-order valence-corrected chi connectivity index (χ4v) is 2.25. The molecule has 0 spiro atoms. The number of nitrogens with zero attached hydrogens (tertiary/aromatic N) is 1. The highest BCUT2D eigenvalue weighted by Crippen LogP contribution is 2.25. The first-order valence-electron chi connectivity index (χ1n) is 7.18. The molecule has 2 rings (SSSR count). The number of hydrogen-bond acceptors (Lipinski definition) is 4. The van der Waals surface area contributed by atoms with E-state index in [-0.39, 0.29) is 29.4 Å². The Labute approximate surface area is 129 Å². The number of carbonyl (C=O) groups is 1. The summed E-state index contributed by atoms with van der Waals surface area (Å²) in [6.45, 7) is 3.74. The standard InChI is InChI=1S/C17H20N2O3/c1-11(8-13-5-6-15(20)16(21)9-13)19-17(22)12(2)14-4-3-7-18-10-14/h3-7,9-12,20-21H,8H2,1-2H3,(H,19,22)/t11-,12-/m0/s1. The van der Waals surface area contributed by atoms with Crippen molar-refractivity contribution in [2.75, 3.05) is 0 Å². The van der Waals surface area contributed by atoms with E-state index >= 15 is 0 Å². The van der Waals surface area contributed by atoms with E-state index in [0.717, 1.165) is 11.1 Å². The highest BCUT2D eigenvalue weighted by atomic mass is 16.3. The van der Waals surface area contributed by atoms with Gasteiger partial charge in [0.15, 0.2) is 11.5 Å². The summed E-state index contributed by atoms with van der Waals surface area (Å²) in [6.07, 6.45) is 3.93. The topological polar surface area (TPSA) is 82.5 Å². The van der Waals surface area contributed by atoms with E-state index < -0.39 is 0 Å². The minimum absolute atomic E-state index is 0.0662. The van der Waals surface area contributed by atoms with Crippen molar-refractivity contribution in [3.63, 3.8) is 0 Å². The molecule has 3 N–H and O–H groups in total. The first-order chi connectivity index (χ1) is 10.5. The molecule has 22 heavy (non-hydrogen) atoms. The number of phenolic OH excluding ortho intramolecular Hbond substituents is 2. The van der Waals surface area contributed by atoms with E-state index in [9.17, 15) is 15.0 Å². The average Bonchev–Trinajstić information content (AvgIpc) is 2.51. The van der Waals surface area contributed by atoms with E-state index in [4.69, 9.17) is 0 Å². The molecule has 0 radical (unpaired) electrons. The van der Waals surface area contributed by atoms with Gasteiger partial charge in [0.25, 0.3) is 0 Å². The molecule has 116 valence electrons. The molecule has 2 aromatic rings. The number of pyridine rings is 1. The number of aromatic nitrogens is 1. The lowest BCUT2D eigenvalue weighted by atomic mass is 10.0. The van der Waals surface area contributed by atoms with Crippen LogP contribution in [0.15, 0.2) is 42.7 Å². The van der Waals surface area contributed by atoms with Crippen molar-refractivity contribution >= 4 is 5.91 Å². The largest absolute Gasteiger partial charge is 0.504 e. The second kappa shape index (κ2) is 6.93. The Kier molecular flexibility index (Phi) is 4.99. The fraction of sp³-hybridized carbons (Fsp3) is 0.294. The summed E-state index contributed by atoms with van der Waals surface area (Å²) in [5, 5.41) is 21.7. The summed E-state index contributed by atoms with van der Waals surface area (Å²) in [5.74, 6) is -0.640. The van der Waals surface area contributed by atoms with Gasteiger partial charge in [0.05, 0.1) is 5.92 Å². The van der Waals surface area contributed by atoms with E-state index in [2.05, 4.69) is 10.3 Å². The summed E-state index contributed by atoms with van der Waals surface area (Å²) in [5.41, 5.74) is 1.71. The number of amides is 1. The predicted molar refractivity (Wildman–Crippen MR) is 83.7 cm³/mol. The molecule has 5 nitrogen and oxygen atoms in total. The van der Waals surface area contributed by atoms with Crippen LogP contribution < -0.4 is 5.32 Å². The third-order valence-corrected chi connectivity index (χ3v) is 3.55. The molecular formula is C17H20N2O3. The first-order valence-corrected chi connectivity index (χ1v) is 7.18. The number of rotatable bonds is 5. The van der Waals surface area contributed by atoms with Crippen LogP contribution in [-0.2, 0) is 11.2 Å². The van der Waals surface area contributed by atoms with Crippen LogP contribution in [0, 0.1) is 0 Å². The Morgan fingerprint density at radius 2 is 2.00 bits per heavy atom. The smallest absolute Gasteiger partial charge is 0.227 e. The second-order valence-electron chi connectivity index (χ2n) is 5.44. The van der Waals surface area contributed by atoms with Crippen LogP contribution >= 0.6 is 0 Å². The molecule has 1 aromatic carbocycles. The van der Waals surface area contributed by atoms with Gasteiger partial charge in [-0.15, -0.1) is 0 Å². The molecule has 0 aliphatic carbocycles. The SMILES string of the molecule is C[C@H](C(=O)N[C@@H](C)Cc1ccc(O)c(O)c1)c1cccnc1. The van der Waals surface area contributed by atoms with Crippen LogP contribution in [0.2, 0.25) is 0 Å². The summed E-state index contributed by atoms with van der Waals surface area (Å²) in [4.78, 5) is 16.3. The number of phenols is 2. The highest BCUT2D eigenvalue weighted by Gasteiger charge is 2.17. The molecule has 0 saturated carbocycles. The Bertz CT molecular complexity index is 644. The maximum Gasteiger partial charge on any atom is 0.227 e. The Morgan fingerprint density at radius 1 is 1.23 bits per heavy atom. The third kappa shape index (κ3) is 3.97. The average molecular weight is 300 g/mol. The number of benzene rings is 1. The zero-order valence-electron chi connectivity index (χ0n) is 12.7. The van der Waals surface area contributed by atoms with Crippen molar-refractivity contribution in [2.45, 2.75) is 32.2 Å². The van der Waals surface area contributed by atoms with Crippen LogP contribution in [0.25, 0.3) is 0 Å². The molecule has 0 fully saturated rings. The summed E-state index contributed by atoms with van der Waals surface area (Å²) < 4.78 is 0. The predicted octanol–water partition coefficient (Wildman–Crippen LogP) is 2.34. The van der Waals surface area contributed by atoms with Crippen molar-refractivity contribution in [2.24, 2.45) is 0 Å². The van der Waals surface area contributed by atoms with Crippen molar-refractivity contribution in [1.82, 2.24) is 10.3 Å². The minimum atomic E-state index is -0.274. The highest BCUT2D eigenvalue weighted by molar-refractivity contribution is 5.83. The van der Waals surface area contributed by atoms with Gasteiger partial charge in [-0.25, -0.2) is 0 Å². The molecule has 0 aliphatic heterocycles. The lowest BCUT2D eigenvalue weighted by Gasteiger charge is -2.18. The van der Waals surface area contributed by atoms with Gasteiger partial charge in [-0.2, -0.15) is 0 Å². The van der Waals surface area contributed by atoms with Crippen LogP contribution in [0.1, 0.15) is 30.9 Å². The Morgan fingerprint density at radius 3 is 2.64 bits per heavy atom. The summed E-state index contributed by atoms with van der Waals surface area (Å²) in [6, 6.07) is 8.26. The van der Waals surface area contributed by atoms with Gasteiger partial charge in [0.1, 0.15) is 0 Å². The first kappa shape index (κ1) is 15.8. The molecular weight excluding hydrogens is 280 g/mol. The third-order valence-electron chi connectivity index (χ3n) is 3.55. The Hall–Kier alpha value is -2.56. The number of nitrogens with one attached hydrogen (secondary N) is 1. The van der Waals surface area contributed by atoms with Gasteiger partial charge >= 0.3 is 0 Å². The molecule has 1 amide bonds. The van der Waals surface area contributed by atoms with Crippen molar-refractivity contribution < 1.29 is 15.0 Å². The van der Waals surface area contributed by atoms with Gasteiger partial charge in [-0.05, 0) is 49.6 Å². The van der Waals surface area contributed by atoms with Gasteiger partial charge in [0.2, 0.25) is 5.91 Å². The maximum absolute atomic E-state index is 12.2. The molecule has 1 aromatic heterocycles. The lowest BCUT2D eigenvalue weighted by Crippen LogP contribution is -2.36. The zero-order valence-corrected chi connectivity index (χ0v) is 12.7. The minimum Gasteiger partial charge on any atom is -0.504 e. The van der Waals surface area contributed by atoms with Crippen molar-refractivity contribution in [1.29, 1.82) is 0 Å². The van der Waals surface area contributed by atoms with Crippen LogP contribution in [0.3, 0.4) is 0 Å². The van der Waals surface area contributed by atoms with E-state index in [1.165, 1.54) is 12.1 Å². The zero-order chi connectivity index (χ0) is 16.1. The van der Waals surface area contributed by atoms with Gasteiger partial charge in [-0.3, -0.25) is 9.78 Å². The molecule has 0 bridgehead atoms. The maximum atomic E-state index is 12.2. The normalized spacial score (nSPS) is 13.4. The molecule has 5 heteroatoms. The van der Waals surface area contributed by atoms with Crippen LogP contribution in [-0.4, -0.2) is 27.1 Å². The monoisotopic (exact) mass is 300 g/mol. The summed E-state index contributed by atoms with van der Waals surface area (Å²) >= 11 is 0. The second-order valence-corrected chi connectivity index (χ2v) is 5.44. The van der Waals surface area contributed by atoms with Gasteiger partial charge < -0.3 is 15.5 Å².